The second-order valence-electron chi connectivity index (χ2n) is 2.87. The molecule has 0 radical (unpaired) electrons. The minimum Gasteiger partial charge on any atom is -0.481 e. The molecule has 1 aliphatic rings. The Hall–Kier alpha value is -1.59. The molecule has 3 N–H and O–H groups in total. The van der Waals surface area contributed by atoms with Crippen LogP contribution in [0.2, 0.25) is 0 Å². The van der Waals surface area contributed by atoms with Gasteiger partial charge in [-0.25, -0.2) is 0 Å². The van der Waals surface area contributed by atoms with Gasteiger partial charge < -0.3 is 15.5 Å². The molecular formula is C7H10N2O4. The van der Waals surface area contributed by atoms with Crippen LogP contribution in [0, 0.1) is 5.92 Å². The van der Waals surface area contributed by atoms with Crippen LogP contribution in [0.15, 0.2) is 10.3 Å². The predicted molar refractivity (Wildman–Crippen MR) is 43.4 cm³/mol. The number of carboxylic acids is 1. The fourth-order valence-corrected chi connectivity index (χ4v) is 1.33. The standard InChI is InChI=1S/C7H10N2O4/c10-7(11)4-1-2-5(8-12)6(3-4)9-13/h4,12-13H,1-3H2,(H,10,11). The topological polar surface area (TPSA) is 102 Å². The van der Waals surface area contributed by atoms with Gasteiger partial charge in [0, 0.05) is 6.42 Å². The quantitative estimate of drug-likeness (QED) is 0.410. The van der Waals surface area contributed by atoms with Crippen LogP contribution < -0.4 is 0 Å². The lowest BCUT2D eigenvalue weighted by molar-refractivity contribution is -0.141. The van der Waals surface area contributed by atoms with Crippen molar-refractivity contribution in [3.8, 4) is 0 Å². The third-order valence-corrected chi connectivity index (χ3v) is 2.09. The van der Waals surface area contributed by atoms with Crippen LogP contribution in [0.1, 0.15) is 19.3 Å². The molecule has 1 atom stereocenters. The van der Waals surface area contributed by atoms with Crippen molar-refractivity contribution in [1.82, 2.24) is 0 Å². The minimum absolute atomic E-state index is 0.116. The molecule has 72 valence electrons. The third kappa shape index (κ3) is 1.95. The zero-order chi connectivity index (χ0) is 9.84. The Labute approximate surface area is 74.2 Å². The lowest BCUT2D eigenvalue weighted by Crippen LogP contribution is -2.29. The first-order valence-electron chi connectivity index (χ1n) is 3.84. The monoisotopic (exact) mass is 186 g/mol. The maximum absolute atomic E-state index is 10.6. The molecule has 0 saturated heterocycles. The fraction of sp³-hybridized carbons (Fsp3) is 0.571. The van der Waals surface area contributed by atoms with Crippen LogP contribution >= 0.6 is 0 Å². The summed E-state index contributed by atoms with van der Waals surface area (Å²) in [6.07, 6.45) is 0.853. The Morgan fingerprint density at radius 3 is 2.38 bits per heavy atom. The zero-order valence-electron chi connectivity index (χ0n) is 6.84. The number of oxime groups is 2. The van der Waals surface area contributed by atoms with Crippen LogP contribution in [-0.4, -0.2) is 32.9 Å². The summed E-state index contributed by atoms with van der Waals surface area (Å²) in [7, 11) is 0. The molecule has 1 aliphatic carbocycles. The normalized spacial score (nSPS) is 29.4. The van der Waals surface area contributed by atoms with Crippen molar-refractivity contribution in [2.24, 2.45) is 16.2 Å². The van der Waals surface area contributed by atoms with Gasteiger partial charge in [-0.2, -0.15) is 0 Å². The Morgan fingerprint density at radius 2 is 1.92 bits per heavy atom. The van der Waals surface area contributed by atoms with Gasteiger partial charge in [-0.15, -0.1) is 0 Å². The van der Waals surface area contributed by atoms with Crippen LogP contribution in [0.5, 0.6) is 0 Å². The molecule has 6 heteroatoms. The Kier molecular flexibility index (Phi) is 2.84. The van der Waals surface area contributed by atoms with E-state index in [4.69, 9.17) is 15.5 Å². The maximum Gasteiger partial charge on any atom is 0.306 e. The van der Waals surface area contributed by atoms with Crippen molar-refractivity contribution in [2.75, 3.05) is 0 Å². The SMILES string of the molecule is O=C(O)C1CCC(=NO)C(=NO)C1. The van der Waals surface area contributed by atoms with Crippen molar-refractivity contribution in [1.29, 1.82) is 0 Å². The Balaban J connectivity index is 2.75. The summed E-state index contributed by atoms with van der Waals surface area (Å²) < 4.78 is 0. The summed E-state index contributed by atoms with van der Waals surface area (Å²) >= 11 is 0. The number of aliphatic carboxylic acids is 1. The number of hydrogen-bond acceptors (Lipinski definition) is 5. The first-order valence-corrected chi connectivity index (χ1v) is 3.84. The number of rotatable bonds is 1. The van der Waals surface area contributed by atoms with E-state index in [1.54, 1.807) is 0 Å². The van der Waals surface area contributed by atoms with E-state index in [-0.39, 0.29) is 17.8 Å². The predicted octanol–water partition coefficient (Wildman–Crippen LogP) is 0.531. The highest BCUT2D eigenvalue weighted by Crippen LogP contribution is 2.20. The summed E-state index contributed by atoms with van der Waals surface area (Å²) in [5.41, 5.74) is 0.418. The Bertz CT molecular complexity index is 272. The van der Waals surface area contributed by atoms with E-state index in [1.807, 2.05) is 0 Å². The lowest BCUT2D eigenvalue weighted by atomic mass is 9.86. The fourth-order valence-electron chi connectivity index (χ4n) is 1.33. The van der Waals surface area contributed by atoms with Gasteiger partial charge in [-0.3, -0.25) is 4.79 Å². The van der Waals surface area contributed by atoms with Gasteiger partial charge in [-0.05, 0) is 12.8 Å². The van der Waals surface area contributed by atoms with Crippen molar-refractivity contribution in [2.45, 2.75) is 19.3 Å². The summed E-state index contributed by atoms with van der Waals surface area (Å²) in [5, 5.41) is 31.5. The molecule has 0 aromatic rings. The molecule has 1 rings (SSSR count). The number of hydrogen-bond donors (Lipinski definition) is 3. The molecule has 0 bridgehead atoms. The smallest absolute Gasteiger partial charge is 0.306 e. The molecule has 0 aliphatic heterocycles. The van der Waals surface area contributed by atoms with Crippen molar-refractivity contribution < 1.29 is 20.3 Å². The van der Waals surface area contributed by atoms with Gasteiger partial charge in [0.2, 0.25) is 0 Å². The van der Waals surface area contributed by atoms with Gasteiger partial charge in [0.1, 0.15) is 11.4 Å². The number of carboxylic acid groups (broad SMARTS) is 1. The van der Waals surface area contributed by atoms with Crippen molar-refractivity contribution >= 4 is 17.4 Å². The van der Waals surface area contributed by atoms with E-state index in [0.29, 0.717) is 12.8 Å². The molecule has 0 aromatic heterocycles. The molecule has 1 fully saturated rings. The van der Waals surface area contributed by atoms with Crippen LogP contribution in [0.25, 0.3) is 0 Å². The van der Waals surface area contributed by atoms with Gasteiger partial charge in [0.15, 0.2) is 0 Å². The zero-order valence-corrected chi connectivity index (χ0v) is 6.84. The van der Waals surface area contributed by atoms with Crippen molar-refractivity contribution in [3.05, 3.63) is 0 Å². The summed E-state index contributed by atoms with van der Waals surface area (Å²) in [5.74, 6) is -1.46. The van der Waals surface area contributed by atoms with E-state index < -0.39 is 11.9 Å². The highest BCUT2D eigenvalue weighted by atomic mass is 16.4. The molecule has 0 amide bonds. The molecular weight excluding hydrogens is 176 g/mol. The summed E-state index contributed by atoms with van der Waals surface area (Å²) in [4.78, 5) is 10.6. The largest absolute Gasteiger partial charge is 0.481 e. The average molecular weight is 186 g/mol. The molecule has 0 aromatic carbocycles. The van der Waals surface area contributed by atoms with Gasteiger partial charge >= 0.3 is 5.97 Å². The third-order valence-electron chi connectivity index (χ3n) is 2.09. The molecule has 13 heavy (non-hydrogen) atoms. The van der Waals surface area contributed by atoms with E-state index in [1.165, 1.54) is 0 Å². The first kappa shape index (κ1) is 9.50. The summed E-state index contributed by atoms with van der Waals surface area (Å²) in [6.45, 7) is 0. The van der Waals surface area contributed by atoms with Crippen LogP contribution in [0.4, 0.5) is 0 Å². The van der Waals surface area contributed by atoms with Crippen molar-refractivity contribution in [3.63, 3.8) is 0 Å². The van der Waals surface area contributed by atoms with Gasteiger partial charge in [0.25, 0.3) is 0 Å². The highest BCUT2D eigenvalue weighted by molar-refractivity contribution is 6.42. The maximum atomic E-state index is 10.6. The molecule has 0 heterocycles. The molecule has 1 unspecified atom stereocenters. The van der Waals surface area contributed by atoms with Gasteiger partial charge in [0.05, 0.1) is 5.92 Å². The second-order valence-corrected chi connectivity index (χ2v) is 2.87. The minimum atomic E-state index is -0.918. The number of carbonyl (C=O) groups is 1. The molecule has 0 spiro atoms. The van der Waals surface area contributed by atoms with E-state index in [9.17, 15) is 4.79 Å². The van der Waals surface area contributed by atoms with Crippen LogP contribution in [0.3, 0.4) is 0 Å². The molecule has 1 saturated carbocycles. The number of nitrogens with zero attached hydrogens (tertiary/aromatic N) is 2. The van der Waals surface area contributed by atoms with E-state index >= 15 is 0 Å². The van der Waals surface area contributed by atoms with E-state index in [2.05, 4.69) is 10.3 Å². The lowest BCUT2D eigenvalue weighted by Gasteiger charge is -2.18. The molecule has 6 nitrogen and oxygen atoms in total. The Morgan fingerprint density at radius 1 is 1.31 bits per heavy atom. The summed E-state index contributed by atoms with van der Waals surface area (Å²) in [6, 6.07) is 0. The van der Waals surface area contributed by atoms with Gasteiger partial charge in [-0.1, -0.05) is 10.3 Å². The average Bonchev–Trinajstić information content (AvgIpc) is 2.16. The first-order chi connectivity index (χ1) is 6.19. The van der Waals surface area contributed by atoms with E-state index in [0.717, 1.165) is 0 Å². The second kappa shape index (κ2) is 3.88. The highest BCUT2D eigenvalue weighted by Gasteiger charge is 2.28. The van der Waals surface area contributed by atoms with Crippen LogP contribution in [-0.2, 0) is 4.79 Å².